The fraction of sp³-hybridized carbons (Fsp3) is 0.176. The number of thioether (sulfide) groups is 1. The highest BCUT2D eigenvalue weighted by molar-refractivity contribution is 8.18. The van der Waals surface area contributed by atoms with Gasteiger partial charge in [-0.15, -0.1) is 11.3 Å². The second-order valence-electron chi connectivity index (χ2n) is 5.22. The number of carbonyl (C=O) groups is 1. The number of nitrogens with zero attached hydrogens (tertiary/aromatic N) is 1. The second kappa shape index (κ2) is 6.10. The Morgan fingerprint density at radius 1 is 1.14 bits per heavy atom. The maximum Gasteiger partial charge on any atom is 0.264 e. The van der Waals surface area contributed by atoms with Crippen molar-refractivity contribution in [3.05, 3.63) is 56.1 Å². The number of rotatable bonds is 2. The fourth-order valence-corrected chi connectivity index (χ4v) is 3.81. The van der Waals surface area contributed by atoms with Gasteiger partial charge in [-0.25, -0.2) is 4.99 Å². The lowest BCUT2D eigenvalue weighted by Crippen LogP contribution is -2.19. The quantitative estimate of drug-likeness (QED) is 0.821. The Morgan fingerprint density at radius 3 is 2.68 bits per heavy atom. The summed E-state index contributed by atoms with van der Waals surface area (Å²) < 4.78 is 0. The lowest BCUT2D eigenvalue weighted by atomic mass is 10.1. The number of hydrogen-bond acceptors (Lipinski definition) is 4. The molecule has 1 saturated heterocycles. The molecule has 1 aromatic carbocycles. The van der Waals surface area contributed by atoms with E-state index in [1.54, 1.807) is 11.3 Å². The molecule has 1 aliphatic heterocycles. The highest BCUT2D eigenvalue weighted by Crippen LogP contribution is 2.30. The molecule has 3 nitrogen and oxygen atoms in total. The number of amidine groups is 1. The van der Waals surface area contributed by atoms with Gasteiger partial charge in [0, 0.05) is 9.75 Å². The van der Waals surface area contributed by atoms with Crippen LogP contribution in [0.1, 0.15) is 20.9 Å². The Kier molecular flexibility index (Phi) is 4.18. The van der Waals surface area contributed by atoms with Gasteiger partial charge in [-0.1, -0.05) is 12.1 Å². The molecule has 0 atom stereocenters. The van der Waals surface area contributed by atoms with E-state index in [4.69, 9.17) is 0 Å². The molecule has 1 aromatic heterocycles. The molecule has 1 amide bonds. The molecule has 1 aliphatic rings. The Labute approximate surface area is 138 Å². The van der Waals surface area contributed by atoms with Crippen LogP contribution in [-0.2, 0) is 4.79 Å². The van der Waals surface area contributed by atoms with Crippen molar-refractivity contribution in [3.63, 3.8) is 0 Å². The van der Waals surface area contributed by atoms with Gasteiger partial charge >= 0.3 is 0 Å². The molecular weight excluding hydrogens is 312 g/mol. The molecule has 3 rings (SSSR count). The molecule has 112 valence electrons. The van der Waals surface area contributed by atoms with E-state index in [0.717, 1.165) is 21.7 Å². The summed E-state index contributed by atoms with van der Waals surface area (Å²) >= 11 is 3.07. The van der Waals surface area contributed by atoms with Gasteiger partial charge in [0.25, 0.3) is 5.91 Å². The number of aryl methyl sites for hydroxylation is 3. The number of hydrogen-bond donors (Lipinski definition) is 1. The van der Waals surface area contributed by atoms with Crippen molar-refractivity contribution in [2.45, 2.75) is 20.8 Å². The van der Waals surface area contributed by atoms with E-state index < -0.39 is 0 Å². The Bertz CT molecular complexity index is 803. The Morgan fingerprint density at radius 2 is 1.95 bits per heavy atom. The average Bonchev–Trinajstić information content (AvgIpc) is 3.01. The molecule has 22 heavy (non-hydrogen) atoms. The number of thiophene rings is 1. The van der Waals surface area contributed by atoms with Gasteiger partial charge in [0.1, 0.15) is 0 Å². The maximum atomic E-state index is 12.1. The number of benzene rings is 1. The van der Waals surface area contributed by atoms with Gasteiger partial charge in [-0.05, 0) is 67.9 Å². The number of carbonyl (C=O) groups excluding carboxylic acids is 1. The third kappa shape index (κ3) is 3.31. The molecule has 0 radical (unpaired) electrons. The van der Waals surface area contributed by atoms with Gasteiger partial charge in [-0.2, -0.15) is 0 Å². The highest BCUT2D eigenvalue weighted by atomic mass is 32.2. The molecule has 0 aliphatic carbocycles. The Balaban J connectivity index is 1.86. The van der Waals surface area contributed by atoms with Crippen molar-refractivity contribution in [1.82, 2.24) is 5.32 Å². The first-order chi connectivity index (χ1) is 10.5. The molecule has 2 heterocycles. The minimum Gasteiger partial charge on any atom is -0.300 e. The second-order valence-corrected chi connectivity index (χ2v) is 7.57. The van der Waals surface area contributed by atoms with Gasteiger partial charge in [0.15, 0.2) is 5.17 Å². The molecule has 0 saturated carbocycles. The minimum atomic E-state index is -0.0832. The molecule has 5 heteroatoms. The highest BCUT2D eigenvalue weighted by Gasteiger charge is 2.24. The van der Waals surface area contributed by atoms with Gasteiger partial charge in [-0.3, -0.25) is 4.79 Å². The van der Waals surface area contributed by atoms with Crippen molar-refractivity contribution >= 4 is 45.9 Å². The van der Waals surface area contributed by atoms with E-state index in [1.807, 2.05) is 38.1 Å². The summed E-state index contributed by atoms with van der Waals surface area (Å²) in [5, 5.41) is 3.47. The lowest BCUT2D eigenvalue weighted by Gasteiger charge is -2.02. The zero-order valence-corrected chi connectivity index (χ0v) is 14.3. The summed E-state index contributed by atoms with van der Waals surface area (Å²) in [6, 6.07) is 10.2. The summed E-state index contributed by atoms with van der Waals surface area (Å²) in [6.07, 6.45) is 1.92. The van der Waals surface area contributed by atoms with Crippen LogP contribution < -0.4 is 5.32 Å². The van der Waals surface area contributed by atoms with Crippen molar-refractivity contribution in [2.75, 3.05) is 0 Å². The van der Waals surface area contributed by atoms with E-state index in [2.05, 4.69) is 29.4 Å². The van der Waals surface area contributed by atoms with E-state index >= 15 is 0 Å². The zero-order valence-electron chi connectivity index (χ0n) is 12.6. The predicted molar refractivity (Wildman–Crippen MR) is 95.8 cm³/mol. The van der Waals surface area contributed by atoms with Gasteiger partial charge in [0.2, 0.25) is 0 Å². The maximum absolute atomic E-state index is 12.1. The van der Waals surface area contributed by atoms with E-state index in [9.17, 15) is 4.79 Å². The van der Waals surface area contributed by atoms with E-state index in [-0.39, 0.29) is 5.91 Å². The molecule has 0 spiro atoms. The van der Waals surface area contributed by atoms with Crippen LogP contribution in [0.2, 0.25) is 0 Å². The van der Waals surface area contributed by atoms with Crippen LogP contribution in [-0.4, -0.2) is 11.1 Å². The van der Waals surface area contributed by atoms with Gasteiger partial charge in [0.05, 0.1) is 10.6 Å². The summed E-state index contributed by atoms with van der Waals surface area (Å²) in [6.45, 7) is 6.11. The minimum absolute atomic E-state index is 0.0832. The van der Waals surface area contributed by atoms with Crippen LogP contribution in [0.25, 0.3) is 6.08 Å². The standard InChI is InChI=1S/C17H16N2OS2/c1-10-4-5-11(2)14(8-10)18-17-19-16(20)15(22-17)9-13-7-6-12(3)21-13/h4-9H,1-3H3,(H,18,19,20). The van der Waals surface area contributed by atoms with Gasteiger partial charge < -0.3 is 5.32 Å². The number of amides is 1. The first-order valence-corrected chi connectivity index (χ1v) is 8.58. The molecule has 0 unspecified atom stereocenters. The predicted octanol–water partition coefficient (Wildman–Crippen LogP) is 4.56. The normalized spacial score (nSPS) is 18.2. The zero-order chi connectivity index (χ0) is 15.7. The molecule has 1 N–H and O–H groups in total. The molecule has 0 bridgehead atoms. The smallest absolute Gasteiger partial charge is 0.264 e. The van der Waals surface area contributed by atoms with Crippen LogP contribution in [0.15, 0.2) is 40.2 Å². The number of nitrogens with one attached hydrogen (secondary N) is 1. The van der Waals surface area contributed by atoms with Crippen molar-refractivity contribution in [1.29, 1.82) is 0 Å². The molecule has 2 aromatic rings. The average molecular weight is 328 g/mol. The fourth-order valence-electron chi connectivity index (χ4n) is 2.09. The first kappa shape index (κ1) is 15.1. The van der Waals surface area contributed by atoms with Crippen LogP contribution in [0.4, 0.5) is 5.69 Å². The monoisotopic (exact) mass is 328 g/mol. The molecule has 1 fully saturated rings. The van der Waals surface area contributed by atoms with Crippen LogP contribution in [0.3, 0.4) is 0 Å². The largest absolute Gasteiger partial charge is 0.300 e. The number of aliphatic imine (C=N–C) groups is 1. The van der Waals surface area contributed by atoms with Crippen molar-refractivity contribution in [3.8, 4) is 0 Å². The summed E-state index contributed by atoms with van der Waals surface area (Å²) in [5.74, 6) is -0.0832. The SMILES string of the molecule is Cc1ccc(C)c(N=C2NC(=O)C(=Cc3ccc(C)s3)S2)c1. The van der Waals surface area contributed by atoms with Crippen molar-refractivity contribution < 1.29 is 4.79 Å². The van der Waals surface area contributed by atoms with Crippen LogP contribution >= 0.6 is 23.1 Å². The van der Waals surface area contributed by atoms with E-state index in [0.29, 0.717) is 10.1 Å². The first-order valence-electron chi connectivity index (χ1n) is 6.94. The Hall–Kier alpha value is -1.85. The third-order valence-electron chi connectivity index (χ3n) is 3.27. The van der Waals surface area contributed by atoms with Crippen LogP contribution in [0, 0.1) is 20.8 Å². The topological polar surface area (TPSA) is 41.5 Å². The van der Waals surface area contributed by atoms with E-state index in [1.165, 1.54) is 16.6 Å². The summed E-state index contributed by atoms with van der Waals surface area (Å²) in [7, 11) is 0. The third-order valence-corrected chi connectivity index (χ3v) is 5.13. The van der Waals surface area contributed by atoms with Crippen LogP contribution in [0.5, 0.6) is 0 Å². The summed E-state index contributed by atoms with van der Waals surface area (Å²) in [5.41, 5.74) is 3.15. The summed E-state index contributed by atoms with van der Waals surface area (Å²) in [4.78, 5) is 19.6. The van der Waals surface area contributed by atoms with Crippen molar-refractivity contribution in [2.24, 2.45) is 4.99 Å². The lowest BCUT2D eigenvalue weighted by molar-refractivity contribution is -0.115. The molecular formula is C17H16N2OS2.